The monoisotopic (exact) mass is 462 g/mol. The highest BCUT2D eigenvalue weighted by Crippen LogP contribution is 2.28. The first-order valence-electron chi connectivity index (χ1n) is 9.30. The van der Waals surface area contributed by atoms with Crippen molar-refractivity contribution in [2.24, 2.45) is 0 Å². The van der Waals surface area contributed by atoms with Crippen molar-refractivity contribution in [1.29, 1.82) is 0 Å². The van der Waals surface area contributed by atoms with E-state index in [1.165, 1.54) is 43.4 Å². The average molecular weight is 463 g/mol. The molecule has 8 nitrogen and oxygen atoms in total. The van der Waals surface area contributed by atoms with Crippen LogP contribution in [0.2, 0.25) is 0 Å². The third-order valence-electron chi connectivity index (χ3n) is 4.46. The molecule has 3 rings (SSSR count). The summed E-state index contributed by atoms with van der Waals surface area (Å²) in [5.74, 6) is -0.284. The molecule has 164 valence electrons. The fourth-order valence-corrected chi connectivity index (χ4v) is 5.79. The lowest BCUT2D eigenvalue weighted by Gasteiger charge is -2.19. The molecule has 31 heavy (non-hydrogen) atoms. The number of rotatable bonds is 8. The van der Waals surface area contributed by atoms with Gasteiger partial charge in [-0.15, -0.1) is 0 Å². The number of aromatic hydroxyl groups is 1. The highest BCUT2D eigenvalue weighted by Gasteiger charge is 2.30. The molecule has 0 saturated carbocycles. The topological polar surface area (TPSA) is 114 Å². The van der Waals surface area contributed by atoms with Gasteiger partial charge in [-0.2, -0.15) is 8.42 Å². The highest BCUT2D eigenvalue weighted by atomic mass is 32.2. The summed E-state index contributed by atoms with van der Waals surface area (Å²) in [5, 5.41) is 9.69. The molecule has 1 heterocycles. The zero-order chi connectivity index (χ0) is 22.6. The van der Waals surface area contributed by atoms with Crippen LogP contribution in [0.25, 0.3) is 0 Å². The van der Waals surface area contributed by atoms with E-state index in [2.05, 4.69) is 4.98 Å². The van der Waals surface area contributed by atoms with Gasteiger partial charge in [-0.05, 0) is 48.9 Å². The number of phenolic OH excluding ortho intramolecular Hbond substituents is 1. The maximum Gasteiger partial charge on any atom is 0.340 e. The number of hydrogen-bond donors (Lipinski definition) is 1. The molecule has 0 amide bonds. The van der Waals surface area contributed by atoms with Crippen molar-refractivity contribution in [3.8, 4) is 11.5 Å². The van der Waals surface area contributed by atoms with Gasteiger partial charge in [0.15, 0.2) is 0 Å². The molecular formula is C21H22N2O6S2. The smallest absolute Gasteiger partial charge is 0.340 e. The summed E-state index contributed by atoms with van der Waals surface area (Å²) in [4.78, 5) is 3.29. The molecular weight excluding hydrogens is 440 g/mol. The second kappa shape index (κ2) is 9.04. The van der Waals surface area contributed by atoms with Crippen LogP contribution < -0.4 is 4.18 Å². The highest BCUT2D eigenvalue weighted by molar-refractivity contribution is 7.91. The summed E-state index contributed by atoms with van der Waals surface area (Å²) in [6.07, 6.45) is 1.98. The zero-order valence-electron chi connectivity index (χ0n) is 17.0. The standard InChI is InChI=1S/C21H22N2O6S2/c1-16-13-18(24)15-19(14-16)29-31(27,28)21-9-4-3-8-20(21)30(25,26)23(2)12-10-17-7-5-6-11-22-17/h3-9,11,13-15,24H,10,12H2,1-2H3. The van der Waals surface area contributed by atoms with Crippen molar-refractivity contribution in [2.75, 3.05) is 13.6 Å². The van der Waals surface area contributed by atoms with Gasteiger partial charge in [0.1, 0.15) is 21.3 Å². The number of aromatic nitrogens is 1. The normalized spacial score (nSPS) is 12.1. The summed E-state index contributed by atoms with van der Waals surface area (Å²) in [5.41, 5.74) is 1.30. The molecule has 0 unspecified atom stereocenters. The minimum atomic E-state index is -4.49. The number of benzene rings is 2. The first-order chi connectivity index (χ1) is 14.6. The number of nitrogens with zero attached hydrogens (tertiary/aromatic N) is 2. The first-order valence-corrected chi connectivity index (χ1v) is 12.1. The summed E-state index contributed by atoms with van der Waals surface area (Å²) < 4.78 is 58.2. The van der Waals surface area contributed by atoms with Crippen LogP contribution in [0, 0.1) is 6.92 Å². The molecule has 0 saturated heterocycles. The number of pyridine rings is 1. The predicted octanol–water partition coefficient (Wildman–Crippen LogP) is 2.73. The summed E-state index contributed by atoms with van der Waals surface area (Å²) in [7, 11) is -7.25. The molecule has 0 spiro atoms. The largest absolute Gasteiger partial charge is 0.508 e. The minimum absolute atomic E-state index is 0.111. The number of phenols is 1. The Morgan fingerprint density at radius 1 is 0.968 bits per heavy atom. The maximum atomic E-state index is 13.1. The molecule has 2 aromatic carbocycles. The van der Waals surface area contributed by atoms with Crippen molar-refractivity contribution < 1.29 is 26.1 Å². The molecule has 0 aliphatic rings. The minimum Gasteiger partial charge on any atom is -0.508 e. The van der Waals surface area contributed by atoms with Gasteiger partial charge in [-0.3, -0.25) is 4.98 Å². The molecule has 1 N–H and O–H groups in total. The Kier molecular flexibility index (Phi) is 6.63. The zero-order valence-corrected chi connectivity index (χ0v) is 18.6. The maximum absolute atomic E-state index is 13.1. The van der Waals surface area contributed by atoms with E-state index in [0.717, 1.165) is 10.4 Å². The van der Waals surface area contributed by atoms with Crippen molar-refractivity contribution in [1.82, 2.24) is 9.29 Å². The van der Waals surface area contributed by atoms with Gasteiger partial charge in [0, 0.05) is 38.0 Å². The van der Waals surface area contributed by atoms with E-state index in [-0.39, 0.29) is 18.0 Å². The lowest BCUT2D eigenvalue weighted by Crippen LogP contribution is -2.30. The van der Waals surface area contributed by atoms with Gasteiger partial charge >= 0.3 is 10.1 Å². The molecule has 0 bridgehead atoms. The molecule has 0 aliphatic heterocycles. The third kappa shape index (κ3) is 5.40. The summed E-state index contributed by atoms with van der Waals surface area (Å²) in [6.45, 7) is 1.77. The van der Waals surface area contributed by atoms with Gasteiger partial charge in [0.05, 0.1) is 0 Å². The van der Waals surface area contributed by atoms with Crippen LogP contribution in [0.4, 0.5) is 0 Å². The number of aryl methyl sites for hydroxylation is 1. The Morgan fingerprint density at radius 3 is 2.29 bits per heavy atom. The van der Waals surface area contributed by atoms with E-state index in [4.69, 9.17) is 4.18 Å². The lowest BCUT2D eigenvalue weighted by atomic mass is 10.2. The van der Waals surface area contributed by atoms with Gasteiger partial charge in [0.25, 0.3) is 0 Å². The predicted molar refractivity (Wildman–Crippen MR) is 115 cm³/mol. The fourth-order valence-electron chi connectivity index (χ4n) is 2.92. The Hall–Kier alpha value is -2.95. The Labute approximate surface area is 181 Å². The quantitative estimate of drug-likeness (QED) is 0.512. The van der Waals surface area contributed by atoms with Crippen LogP contribution in [0.15, 0.2) is 76.7 Å². The van der Waals surface area contributed by atoms with Crippen LogP contribution in [-0.2, 0) is 26.6 Å². The van der Waals surface area contributed by atoms with Crippen molar-refractivity contribution in [3.05, 3.63) is 78.1 Å². The van der Waals surface area contributed by atoms with Crippen molar-refractivity contribution in [3.63, 3.8) is 0 Å². The molecule has 3 aromatic rings. The van der Waals surface area contributed by atoms with Crippen molar-refractivity contribution >= 4 is 20.1 Å². The van der Waals surface area contributed by atoms with Crippen LogP contribution in [0.1, 0.15) is 11.3 Å². The number of likely N-dealkylation sites (N-methyl/N-ethyl adjacent to an activating group) is 1. The second-order valence-corrected chi connectivity index (χ2v) is 10.4. The van der Waals surface area contributed by atoms with Gasteiger partial charge in [-0.25, -0.2) is 12.7 Å². The SMILES string of the molecule is Cc1cc(O)cc(OS(=O)(=O)c2ccccc2S(=O)(=O)N(C)CCc2ccccn2)c1. The van der Waals surface area contributed by atoms with E-state index in [9.17, 15) is 21.9 Å². The first kappa shape index (κ1) is 22.7. The molecule has 0 aliphatic carbocycles. The van der Waals surface area contributed by atoms with Crippen LogP contribution in [0.3, 0.4) is 0 Å². The Morgan fingerprint density at radius 2 is 1.65 bits per heavy atom. The van der Waals surface area contributed by atoms with Crippen LogP contribution in [-0.4, -0.2) is 44.8 Å². The van der Waals surface area contributed by atoms with Crippen molar-refractivity contribution in [2.45, 2.75) is 23.1 Å². The van der Waals surface area contributed by atoms with Crippen LogP contribution in [0.5, 0.6) is 11.5 Å². The lowest BCUT2D eigenvalue weighted by molar-refractivity contribution is 0.457. The second-order valence-electron chi connectivity index (χ2n) is 6.89. The van der Waals surface area contributed by atoms with Gasteiger partial charge < -0.3 is 9.29 Å². The molecule has 0 atom stereocenters. The third-order valence-corrected chi connectivity index (χ3v) is 7.81. The van der Waals surface area contributed by atoms with E-state index < -0.39 is 29.9 Å². The molecule has 10 heteroatoms. The molecule has 0 radical (unpaired) electrons. The van der Waals surface area contributed by atoms with E-state index in [0.29, 0.717) is 17.7 Å². The van der Waals surface area contributed by atoms with Gasteiger partial charge in [0.2, 0.25) is 10.0 Å². The van der Waals surface area contributed by atoms with E-state index in [1.54, 1.807) is 31.3 Å². The number of sulfonamides is 1. The Balaban J connectivity index is 1.90. The van der Waals surface area contributed by atoms with Gasteiger partial charge in [-0.1, -0.05) is 18.2 Å². The van der Waals surface area contributed by atoms with E-state index in [1.807, 2.05) is 0 Å². The van der Waals surface area contributed by atoms with Crippen LogP contribution >= 0.6 is 0 Å². The number of hydrogen-bond acceptors (Lipinski definition) is 7. The fraction of sp³-hybridized carbons (Fsp3) is 0.190. The summed E-state index contributed by atoms with van der Waals surface area (Å²) >= 11 is 0. The average Bonchev–Trinajstić information content (AvgIpc) is 2.71. The molecule has 1 aromatic heterocycles. The molecule has 0 fully saturated rings. The summed E-state index contributed by atoms with van der Waals surface area (Å²) in [6, 6.07) is 14.6. The van der Waals surface area contributed by atoms with E-state index >= 15 is 0 Å². The Bertz CT molecular complexity index is 1260.